The van der Waals surface area contributed by atoms with Crippen LogP contribution in [0.15, 0.2) is 42.7 Å². The first-order valence-electron chi connectivity index (χ1n) is 8.07. The Hall–Kier alpha value is -2.27. The number of pyridine rings is 1. The summed E-state index contributed by atoms with van der Waals surface area (Å²) in [5, 5.41) is 0.810. The lowest BCUT2D eigenvalue weighted by Crippen LogP contribution is -2.21. The van der Waals surface area contributed by atoms with E-state index in [1.807, 2.05) is 24.4 Å². The molecule has 0 radical (unpaired) electrons. The Morgan fingerprint density at radius 3 is 3.00 bits per heavy atom. The number of benzene rings is 1. The topological polar surface area (TPSA) is 34.0 Å². The molecule has 2 aromatic heterocycles. The van der Waals surface area contributed by atoms with Gasteiger partial charge in [0.2, 0.25) is 0 Å². The van der Waals surface area contributed by atoms with Crippen LogP contribution in [0.4, 0.5) is 4.39 Å². The quantitative estimate of drug-likeness (QED) is 0.742. The van der Waals surface area contributed by atoms with Gasteiger partial charge < -0.3 is 9.47 Å². The highest BCUT2D eigenvalue weighted by atomic mass is 19.1. The molecular weight excluding hydrogens is 291 g/mol. The standard InChI is InChI=1S/C18H19FN4/c1-2-22-10-8-14(12-22)23-11-9-20-18(23)16-7-6-13-4-3-5-15(19)17(13)21-16/h3-7,9,11,14H,2,8,10,12H2,1H3. The largest absolute Gasteiger partial charge is 0.325 e. The number of hydrogen-bond donors (Lipinski definition) is 0. The van der Waals surface area contributed by atoms with Crippen LogP contribution in [0.2, 0.25) is 0 Å². The Kier molecular flexibility index (Phi) is 3.58. The molecule has 4 rings (SSSR count). The molecule has 0 saturated carbocycles. The number of aromatic nitrogens is 3. The van der Waals surface area contributed by atoms with Crippen molar-refractivity contribution in [1.29, 1.82) is 0 Å². The van der Waals surface area contributed by atoms with Gasteiger partial charge >= 0.3 is 0 Å². The van der Waals surface area contributed by atoms with Crippen molar-refractivity contribution in [2.24, 2.45) is 0 Å². The third-order valence-electron chi connectivity index (χ3n) is 4.66. The van der Waals surface area contributed by atoms with Gasteiger partial charge in [-0.25, -0.2) is 14.4 Å². The lowest BCUT2D eigenvalue weighted by atomic mass is 10.2. The fourth-order valence-electron chi connectivity index (χ4n) is 3.37. The fourth-order valence-corrected chi connectivity index (χ4v) is 3.37. The van der Waals surface area contributed by atoms with Crippen molar-refractivity contribution in [1.82, 2.24) is 19.4 Å². The highest BCUT2D eigenvalue weighted by Gasteiger charge is 2.25. The molecule has 0 aliphatic carbocycles. The molecule has 1 aliphatic heterocycles. The summed E-state index contributed by atoms with van der Waals surface area (Å²) in [4.78, 5) is 11.4. The lowest BCUT2D eigenvalue weighted by molar-refractivity contribution is 0.342. The van der Waals surface area contributed by atoms with E-state index in [0.29, 0.717) is 11.6 Å². The van der Waals surface area contributed by atoms with E-state index in [1.165, 1.54) is 6.07 Å². The van der Waals surface area contributed by atoms with Crippen LogP contribution in [0.3, 0.4) is 0 Å². The molecule has 1 saturated heterocycles. The molecule has 0 spiro atoms. The van der Waals surface area contributed by atoms with Gasteiger partial charge in [-0.05, 0) is 25.1 Å². The molecular formula is C18H19FN4. The summed E-state index contributed by atoms with van der Waals surface area (Å²) in [7, 11) is 0. The van der Waals surface area contributed by atoms with Crippen LogP contribution in [0.25, 0.3) is 22.4 Å². The zero-order valence-electron chi connectivity index (χ0n) is 13.1. The van der Waals surface area contributed by atoms with E-state index in [4.69, 9.17) is 0 Å². The Labute approximate surface area is 134 Å². The van der Waals surface area contributed by atoms with Crippen molar-refractivity contribution in [2.45, 2.75) is 19.4 Å². The second-order valence-electron chi connectivity index (χ2n) is 6.00. The summed E-state index contributed by atoms with van der Waals surface area (Å²) >= 11 is 0. The summed E-state index contributed by atoms with van der Waals surface area (Å²) in [6.45, 7) is 5.39. The molecule has 4 nitrogen and oxygen atoms in total. The molecule has 3 aromatic rings. The van der Waals surface area contributed by atoms with Crippen LogP contribution in [0, 0.1) is 5.82 Å². The van der Waals surface area contributed by atoms with Gasteiger partial charge in [0, 0.05) is 36.9 Å². The SMILES string of the molecule is CCN1CCC(n2ccnc2-c2ccc3cccc(F)c3n2)C1. The van der Waals surface area contributed by atoms with Gasteiger partial charge in [0.1, 0.15) is 17.0 Å². The number of nitrogens with zero attached hydrogens (tertiary/aromatic N) is 4. The number of hydrogen-bond acceptors (Lipinski definition) is 3. The maximum atomic E-state index is 14.0. The van der Waals surface area contributed by atoms with Crippen molar-refractivity contribution >= 4 is 10.9 Å². The van der Waals surface area contributed by atoms with Crippen LogP contribution in [-0.4, -0.2) is 39.1 Å². The van der Waals surface area contributed by atoms with Gasteiger partial charge in [-0.2, -0.15) is 0 Å². The zero-order chi connectivity index (χ0) is 15.8. The van der Waals surface area contributed by atoms with Crippen LogP contribution in [0.1, 0.15) is 19.4 Å². The third-order valence-corrected chi connectivity index (χ3v) is 4.66. The molecule has 118 valence electrons. The van der Waals surface area contributed by atoms with Gasteiger partial charge in [0.05, 0.1) is 0 Å². The third kappa shape index (κ3) is 2.51. The first-order valence-corrected chi connectivity index (χ1v) is 8.07. The monoisotopic (exact) mass is 310 g/mol. The molecule has 0 bridgehead atoms. The number of fused-ring (bicyclic) bond motifs is 1. The molecule has 5 heteroatoms. The number of likely N-dealkylation sites (N-methyl/N-ethyl adjacent to an activating group) is 1. The summed E-state index contributed by atoms with van der Waals surface area (Å²) in [5.74, 6) is 0.526. The average molecular weight is 310 g/mol. The maximum Gasteiger partial charge on any atom is 0.158 e. The Morgan fingerprint density at radius 1 is 1.26 bits per heavy atom. The Bertz CT molecular complexity index is 842. The predicted octanol–water partition coefficient (Wildman–Crippen LogP) is 3.50. The highest BCUT2D eigenvalue weighted by molar-refractivity contribution is 5.81. The van der Waals surface area contributed by atoms with Gasteiger partial charge in [-0.1, -0.05) is 25.1 Å². The minimum Gasteiger partial charge on any atom is -0.325 e. The number of rotatable bonds is 3. The van der Waals surface area contributed by atoms with Crippen molar-refractivity contribution in [3.63, 3.8) is 0 Å². The van der Waals surface area contributed by atoms with Crippen molar-refractivity contribution in [2.75, 3.05) is 19.6 Å². The maximum absolute atomic E-state index is 14.0. The number of para-hydroxylation sites is 1. The van der Waals surface area contributed by atoms with E-state index >= 15 is 0 Å². The lowest BCUT2D eigenvalue weighted by Gasteiger charge is -2.16. The van der Waals surface area contributed by atoms with Crippen LogP contribution in [0.5, 0.6) is 0 Å². The van der Waals surface area contributed by atoms with Gasteiger partial charge in [0.25, 0.3) is 0 Å². The molecule has 23 heavy (non-hydrogen) atoms. The first kappa shape index (κ1) is 14.3. The summed E-state index contributed by atoms with van der Waals surface area (Å²) < 4.78 is 16.2. The van der Waals surface area contributed by atoms with E-state index in [1.54, 1.807) is 12.3 Å². The Morgan fingerprint density at radius 2 is 2.17 bits per heavy atom. The second kappa shape index (κ2) is 5.74. The smallest absolute Gasteiger partial charge is 0.158 e. The normalized spacial score (nSPS) is 18.8. The van der Waals surface area contributed by atoms with Gasteiger partial charge in [0.15, 0.2) is 5.82 Å². The Balaban J connectivity index is 1.74. The van der Waals surface area contributed by atoms with E-state index in [0.717, 1.165) is 43.0 Å². The molecule has 1 atom stereocenters. The molecule has 3 heterocycles. The van der Waals surface area contributed by atoms with E-state index in [2.05, 4.69) is 26.4 Å². The molecule has 0 amide bonds. The summed E-state index contributed by atoms with van der Waals surface area (Å²) in [6.07, 6.45) is 4.92. The molecule has 0 N–H and O–H groups in total. The highest BCUT2D eigenvalue weighted by Crippen LogP contribution is 2.28. The summed E-state index contributed by atoms with van der Waals surface area (Å²) in [6, 6.07) is 9.27. The molecule has 1 unspecified atom stereocenters. The molecule has 1 fully saturated rings. The van der Waals surface area contributed by atoms with Crippen LogP contribution >= 0.6 is 0 Å². The van der Waals surface area contributed by atoms with Gasteiger partial charge in [-0.3, -0.25) is 0 Å². The minimum absolute atomic E-state index is 0.291. The fraction of sp³-hybridized carbons (Fsp3) is 0.333. The minimum atomic E-state index is -0.291. The van der Waals surface area contributed by atoms with E-state index in [-0.39, 0.29) is 5.82 Å². The van der Waals surface area contributed by atoms with Gasteiger partial charge in [-0.15, -0.1) is 0 Å². The van der Waals surface area contributed by atoms with E-state index < -0.39 is 0 Å². The van der Waals surface area contributed by atoms with Crippen molar-refractivity contribution in [3.8, 4) is 11.5 Å². The first-order chi connectivity index (χ1) is 11.3. The zero-order valence-corrected chi connectivity index (χ0v) is 13.1. The number of imidazole rings is 1. The molecule has 1 aliphatic rings. The van der Waals surface area contributed by atoms with Crippen molar-refractivity contribution in [3.05, 3.63) is 48.5 Å². The van der Waals surface area contributed by atoms with Crippen molar-refractivity contribution < 1.29 is 4.39 Å². The second-order valence-corrected chi connectivity index (χ2v) is 6.00. The van der Waals surface area contributed by atoms with Crippen LogP contribution < -0.4 is 0 Å². The number of likely N-dealkylation sites (tertiary alicyclic amines) is 1. The number of halogens is 1. The van der Waals surface area contributed by atoms with Crippen LogP contribution in [-0.2, 0) is 0 Å². The molecule has 1 aromatic carbocycles. The average Bonchev–Trinajstić information content (AvgIpc) is 3.23. The summed E-state index contributed by atoms with van der Waals surface area (Å²) in [5.41, 5.74) is 1.13. The van der Waals surface area contributed by atoms with E-state index in [9.17, 15) is 4.39 Å². The predicted molar refractivity (Wildman–Crippen MR) is 88.7 cm³/mol.